The normalized spacial score (nSPS) is 17.1. The largest absolute Gasteiger partial charge is 0.508 e. The molecule has 0 saturated carbocycles. The van der Waals surface area contributed by atoms with Crippen LogP contribution in [-0.2, 0) is 9.59 Å². The highest BCUT2D eigenvalue weighted by molar-refractivity contribution is 6.51. The van der Waals surface area contributed by atoms with Gasteiger partial charge in [0.05, 0.1) is 30.4 Å². The summed E-state index contributed by atoms with van der Waals surface area (Å²) in [5.41, 5.74) is 0.982. The van der Waals surface area contributed by atoms with Crippen molar-refractivity contribution < 1.29 is 29.3 Å². The number of aliphatic hydroxyl groups is 1. The van der Waals surface area contributed by atoms with Gasteiger partial charge in [0.2, 0.25) is 0 Å². The van der Waals surface area contributed by atoms with E-state index in [1.54, 1.807) is 48.5 Å². The number of anilines is 1. The summed E-state index contributed by atoms with van der Waals surface area (Å²) in [6.07, 6.45) is 0. The summed E-state index contributed by atoms with van der Waals surface area (Å²) in [5, 5.41) is 21.6. The molecule has 8 heteroatoms. The van der Waals surface area contributed by atoms with Crippen molar-refractivity contribution in [2.24, 2.45) is 0 Å². The smallest absolute Gasteiger partial charge is 0.300 e. The van der Waals surface area contributed by atoms with E-state index >= 15 is 0 Å². The third-order valence-corrected chi connectivity index (χ3v) is 5.76. The quantitative estimate of drug-likeness (QED) is 0.291. The number of ether oxygens (including phenoxy) is 2. The summed E-state index contributed by atoms with van der Waals surface area (Å²) in [7, 11) is 1.47. The molecule has 3 aromatic rings. The Hall–Kier alpha value is -3.97. The van der Waals surface area contributed by atoms with E-state index in [2.05, 4.69) is 0 Å². The first kappa shape index (κ1) is 23.2. The van der Waals surface area contributed by atoms with Gasteiger partial charge < -0.3 is 19.7 Å². The summed E-state index contributed by atoms with van der Waals surface area (Å²) >= 11 is 6.29. The Kier molecular flexibility index (Phi) is 6.47. The van der Waals surface area contributed by atoms with Crippen LogP contribution in [0.5, 0.6) is 17.2 Å². The minimum Gasteiger partial charge on any atom is -0.508 e. The second-order valence-corrected chi connectivity index (χ2v) is 7.95. The molecule has 3 aromatic carbocycles. The topological polar surface area (TPSA) is 96.3 Å². The molecule has 1 fully saturated rings. The van der Waals surface area contributed by atoms with Gasteiger partial charge >= 0.3 is 0 Å². The summed E-state index contributed by atoms with van der Waals surface area (Å²) in [5.74, 6) is -1.18. The standard InChI is InChI=1S/C26H22ClNO6/c1-3-34-19-9-5-7-16(13-19)24(30)22-23(15-6-4-8-18(29)12-15)28(26(32)25(22)31)17-10-11-21(33-2)20(27)14-17/h4-14,23,29-30H,3H2,1-2H3/b24-22+. The van der Waals surface area contributed by atoms with Gasteiger partial charge in [-0.15, -0.1) is 0 Å². The number of rotatable bonds is 6. The van der Waals surface area contributed by atoms with Crippen LogP contribution in [-0.4, -0.2) is 35.6 Å². The van der Waals surface area contributed by atoms with Gasteiger partial charge in [0.25, 0.3) is 11.7 Å². The number of hydrogen-bond donors (Lipinski definition) is 2. The Morgan fingerprint density at radius 1 is 1.06 bits per heavy atom. The number of carbonyl (C=O) groups excluding carboxylic acids is 2. The number of phenols is 1. The molecule has 0 spiro atoms. The number of nitrogens with zero attached hydrogens (tertiary/aromatic N) is 1. The molecule has 1 heterocycles. The molecular formula is C26H22ClNO6. The Labute approximate surface area is 201 Å². The molecule has 1 unspecified atom stereocenters. The van der Waals surface area contributed by atoms with Gasteiger partial charge in [-0.05, 0) is 55.0 Å². The monoisotopic (exact) mass is 479 g/mol. The van der Waals surface area contributed by atoms with E-state index in [-0.39, 0.29) is 22.1 Å². The number of amides is 1. The molecule has 1 atom stereocenters. The average molecular weight is 480 g/mol. The van der Waals surface area contributed by atoms with E-state index in [1.165, 1.54) is 30.2 Å². The molecule has 7 nitrogen and oxygen atoms in total. The van der Waals surface area contributed by atoms with Crippen LogP contribution in [0.2, 0.25) is 5.02 Å². The van der Waals surface area contributed by atoms with Crippen LogP contribution >= 0.6 is 11.6 Å². The second kappa shape index (κ2) is 9.49. The number of methoxy groups -OCH3 is 1. The first-order chi connectivity index (χ1) is 16.3. The minimum absolute atomic E-state index is 0.0470. The summed E-state index contributed by atoms with van der Waals surface area (Å²) in [6.45, 7) is 2.26. The molecule has 0 radical (unpaired) electrons. The lowest BCUT2D eigenvalue weighted by Gasteiger charge is -2.26. The Morgan fingerprint density at radius 2 is 1.82 bits per heavy atom. The fourth-order valence-electron chi connectivity index (χ4n) is 3.97. The van der Waals surface area contributed by atoms with Gasteiger partial charge in [-0.3, -0.25) is 14.5 Å². The number of Topliss-reactive ketones (excluding diaryl/α,β-unsaturated/α-hetero) is 1. The number of ketones is 1. The lowest BCUT2D eigenvalue weighted by Crippen LogP contribution is -2.29. The van der Waals surface area contributed by atoms with Crippen molar-refractivity contribution in [1.82, 2.24) is 0 Å². The molecule has 1 saturated heterocycles. The number of aliphatic hydroxyl groups excluding tert-OH is 1. The van der Waals surface area contributed by atoms with E-state index in [9.17, 15) is 19.8 Å². The minimum atomic E-state index is -1.01. The highest BCUT2D eigenvalue weighted by Crippen LogP contribution is 2.44. The van der Waals surface area contributed by atoms with Crippen LogP contribution in [0.4, 0.5) is 5.69 Å². The van der Waals surface area contributed by atoms with E-state index in [1.807, 2.05) is 6.92 Å². The molecule has 0 aromatic heterocycles. The molecule has 174 valence electrons. The summed E-state index contributed by atoms with van der Waals surface area (Å²) in [4.78, 5) is 27.7. The third-order valence-electron chi connectivity index (χ3n) is 5.46. The van der Waals surface area contributed by atoms with Crippen molar-refractivity contribution in [3.63, 3.8) is 0 Å². The first-order valence-corrected chi connectivity index (χ1v) is 10.9. The van der Waals surface area contributed by atoms with Gasteiger partial charge in [-0.1, -0.05) is 35.9 Å². The second-order valence-electron chi connectivity index (χ2n) is 7.54. The van der Waals surface area contributed by atoms with Crippen LogP contribution in [0.25, 0.3) is 5.76 Å². The number of carbonyl (C=O) groups is 2. The molecule has 1 aliphatic rings. The van der Waals surface area contributed by atoms with E-state index < -0.39 is 17.7 Å². The van der Waals surface area contributed by atoms with Crippen LogP contribution in [0, 0.1) is 0 Å². The number of halogens is 1. The van der Waals surface area contributed by atoms with Crippen molar-refractivity contribution in [2.45, 2.75) is 13.0 Å². The van der Waals surface area contributed by atoms with Crippen LogP contribution in [0.15, 0.2) is 72.3 Å². The predicted octanol–water partition coefficient (Wildman–Crippen LogP) is 5.08. The Balaban J connectivity index is 1.93. The maximum atomic E-state index is 13.2. The summed E-state index contributed by atoms with van der Waals surface area (Å²) < 4.78 is 10.7. The zero-order valence-corrected chi connectivity index (χ0v) is 19.2. The number of phenolic OH excluding ortho intramolecular Hbond substituents is 1. The van der Waals surface area contributed by atoms with E-state index in [0.29, 0.717) is 34.9 Å². The van der Waals surface area contributed by atoms with Gasteiger partial charge in [-0.25, -0.2) is 0 Å². The van der Waals surface area contributed by atoms with Crippen molar-refractivity contribution >= 4 is 34.7 Å². The predicted molar refractivity (Wildman–Crippen MR) is 129 cm³/mol. The SMILES string of the molecule is CCOc1cccc(/C(O)=C2\C(=O)C(=O)N(c3ccc(OC)c(Cl)c3)C2c2cccc(O)c2)c1. The fourth-order valence-corrected chi connectivity index (χ4v) is 4.22. The van der Waals surface area contributed by atoms with Gasteiger partial charge in [-0.2, -0.15) is 0 Å². The van der Waals surface area contributed by atoms with Crippen LogP contribution in [0.1, 0.15) is 24.1 Å². The third kappa shape index (κ3) is 4.18. The maximum Gasteiger partial charge on any atom is 0.300 e. The lowest BCUT2D eigenvalue weighted by atomic mass is 9.95. The number of hydrogen-bond acceptors (Lipinski definition) is 6. The highest BCUT2D eigenvalue weighted by atomic mass is 35.5. The van der Waals surface area contributed by atoms with Crippen molar-refractivity contribution in [3.05, 3.63) is 88.5 Å². The molecule has 0 bridgehead atoms. The summed E-state index contributed by atoms with van der Waals surface area (Å²) in [6, 6.07) is 16.5. The maximum absolute atomic E-state index is 13.2. The first-order valence-electron chi connectivity index (χ1n) is 10.5. The van der Waals surface area contributed by atoms with Crippen molar-refractivity contribution in [1.29, 1.82) is 0 Å². The Morgan fingerprint density at radius 3 is 2.50 bits per heavy atom. The zero-order chi connectivity index (χ0) is 24.4. The Bertz CT molecular complexity index is 1300. The van der Waals surface area contributed by atoms with Crippen LogP contribution in [0.3, 0.4) is 0 Å². The highest BCUT2D eigenvalue weighted by Gasteiger charge is 2.47. The van der Waals surface area contributed by atoms with E-state index in [4.69, 9.17) is 21.1 Å². The molecule has 1 amide bonds. The molecule has 2 N–H and O–H groups in total. The lowest BCUT2D eigenvalue weighted by molar-refractivity contribution is -0.132. The van der Waals surface area contributed by atoms with Gasteiger partial charge in [0.15, 0.2) is 0 Å². The van der Waals surface area contributed by atoms with Crippen LogP contribution < -0.4 is 14.4 Å². The fraction of sp³-hybridized carbons (Fsp3) is 0.154. The van der Waals surface area contributed by atoms with E-state index in [0.717, 1.165) is 0 Å². The molecule has 0 aliphatic carbocycles. The molecular weight excluding hydrogens is 458 g/mol. The zero-order valence-electron chi connectivity index (χ0n) is 18.5. The average Bonchev–Trinajstić information content (AvgIpc) is 3.09. The van der Waals surface area contributed by atoms with Crippen molar-refractivity contribution in [2.75, 3.05) is 18.6 Å². The van der Waals surface area contributed by atoms with Gasteiger partial charge in [0, 0.05) is 11.3 Å². The number of aromatic hydroxyl groups is 1. The van der Waals surface area contributed by atoms with Gasteiger partial charge in [0.1, 0.15) is 23.0 Å². The number of benzene rings is 3. The molecule has 1 aliphatic heterocycles. The van der Waals surface area contributed by atoms with Crippen molar-refractivity contribution in [3.8, 4) is 17.2 Å². The molecule has 4 rings (SSSR count). The molecule has 34 heavy (non-hydrogen) atoms.